The van der Waals surface area contributed by atoms with Crippen LogP contribution in [0.15, 0.2) is 0 Å². The Labute approximate surface area is 220 Å². The quantitative estimate of drug-likeness (QED) is 0.0874. The molecule has 212 valence electrons. The largest absolute Gasteiger partial charge is 0.372 e. The molecule has 4 heteroatoms. The van der Waals surface area contributed by atoms with Crippen LogP contribution in [-0.4, -0.2) is 42.8 Å². The van der Waals surface area contributed by atoms with Gasteiger partial charge >= 0.3 is 0 Å². The monoisotopic (exact) mass is 499 g/mol. The molecule has 0 spiro atoms. The number of nitrogens with one attached hydrogen (secondary N) is 1. The Morgan fingerprint density at radius 1 is 0.543 bits per heavy atom. The van der Waals surface area contributed by atoms with Gasteiger partial charge < -0.3 is 19.9 Å². The Morgan fingerprint density at radius 2 is 0.886 bits per heavy atom. The highest BCUT2D eigenvalue weighted by atomic mass is 16.6. The zero-order chi connectivity index (χ0) is 26.0. The van der Waals surface area contributed by atoms with Crippen LogP contribution in [0.25, 0.3) is 0 Å². The number of aliphatic hydroxyl groups is 1. The second kappa shape index (κ2) is 25.5. The van der Waals surface area contributed by atoms with E-state index in [4.69, 9.17) is 9.47 Å². The highest BCUT2D eigenvalue weighted by Crippen LogP contribution is 2.13. The fourth-order valence-corrected chi connectivity index (χ4v) is 4.37. The van der Waals surface area contributed by atoms with Crippen molar-refractivity contribution in [3.8, 4) is 0 Å². The molecule has 4 nitrogen and oxygen atoms in total. The summed E-state index contributed by atoms with van der Waals surface area (Å²) in [6.07, 6.45) is 25.1. The van der Waals surface area contributed by atoms with Gasteiger partial charge in [-0.2, -0.15) is 0 Å². The fourth-order valence-electron chi connectivity index (χ4n) is 4.37. The number of rotatable bonds is 27. The van der Waals surface area contributed by atoms with E-state index in [-0.39, 0.29) is 11.6 Å². The molecule has 0 aliphatic carbocycles. The SMILES string of the molecule is CCCCCCCCCCCCOC(O)C(CNC(C)(C)C)OCCCCCCCCCCCC. The van der Waals surface area contributed by atoms with Crippen LogP contribution in [0.1, 0.15) is 163 Å². The summed E-state index contributed by atoms with van der Waals surface area (Å²) in [5.74, 6) is 0. The van der Waals surface area contributed by atoms with E-state index in [1.54, 1.807) is 0 Å². The third-order valence-corrected chi connectivity index (χ3v) is 6.77. The van der Waals surface area contributed by atoms with Gasteiger partial charge in [-0.15, -0.1) is 0 Å². The highest BCUT2D eigenvalue weighted by molar-refractivity contribution is 4.75. The highest BCUT2D eigenvalue weighted by Gasteiger charge is 2.22. The van der Waals surface area contributed by atoms with Gasteiger partial charge in [-0.3, -0.25) is 0 Å². The Morgan fingerprint density at radius 3 is 1.26 bits per heavy atom. The van der Waals surface area contributed by atoms with E-state index in [9.17, 15) is 5.11 Å². The van der Waals surface area contributed by atoms with Gasteiger partial charge in [0.2, 0.25) is 0 Å². The molecule has 0 aromatic carbocycles. The van der Waals surface area contributed by atoms with Crippen molar-refractivity contribution >= 4 is 0 Å². The smallest absolute Gasteiger partial charge is 0.182 e. The summed E-state index contributed by atoms with van der Waals surface area (Å²) in [6.45, 7) is 12.9. The van der Waals surface area contributed by atoms with Gasteiger partial charge in [0.05, 0.1) is 0 Å². The summed E-state index contributed by atoms with van der Waals surface area (Å²) in [4.78, 5) is 0. The molecule has 0 bridgehead atoms. The lowest BCUT2D eigenvalue weighted by Crippen LogP contribution is -2.46. The lowest BCUT2D eigenvalue weighted by Gasteiger charge is -2.28. The molecule has 0 rings (SSSR count). The number of hydrogen-bond acceptors (Lipinski definition) is 4. The predicted octanol–water partition coefficient (Wildman–Crippen LogP) is 8.94. The lowest BCUT2D eigenvalue weighted by molar-refractivity contribution is -0.178. The van der Waals surface area contributed by atoms with Crippen LogP contribution in [-0.2, 0) is 9.47 Å². The fraction of sp³-hybridized carbons (Fsp3) is 1.00. The molecule has 0 fully saturated rings. The van der Waals surface area contributed by atoms with E-state index < -0.39 is 6.29 Å². The minimum Gasteiger partial charge on any atom is -0.372 e. The molecule has 35 heavy (non-hydrogen) atoms. The normalized spacial score (nSPS) is 13.9. The number of hydrogen-bond donors (Lipinski definition) is 2. The van der Waals surface area contributed by atoms with E-state index in [1.807, 2.05) is 0 Å². The Balaban J connectivity index is 3.90. The third kappa shape index (κ3) is 26.7. The second-order valence-electron chi connectivity index (χ2n) is 11.7. The lowest BCUT2D eigenvalue weighted by atomic mass is 10.1. The third-order valence-electron chi connectivity index (χ3n) is 6.77. The van der Waals surface area contributed by atoms with Crippen molar-refractivity contribution in [3.63, 3.8) is 0 Å². The molecule has 0 heterocycles. The zero-order valence-corrected chi connectivity index (χ0v) is 24.7. The van der Waals surface area contributed by atoms with Gasteiger partial charge in [0.25, 0.3) is 0 Å². The van der Waals surface area contributed by atoms with E-state index >= 15 is 0 Å². The number of unbranched alkanes of at least 4 members (excludes halogenated alkanes) is 18. The van der Waals surface area contributed by atoms with Crippen molar-refractivity contribution in [2.24, 2.45) is 0 Å². The molecular formula is C31H65NO3. The van der Waals surface area contributed by atoms with Gasteiger partial charge in [-0.05, 0) is 33.6 Å². The molecule has 2 unspecified atom stereocenters. The summed E-state index contributed by atoms with van der Waals surface area (Å²) < 4.78 is 11.9. The summed E-state index contributed by atoms with van der Waals surface area (Å²) in [5.41, 5.74) is -0.00496. The average molecular weight is 500 g/mol. The molecule has 0 aliphatic heterocycles. The summed E-state index contributed by atoms with van der Waals surface area (Å²) in [5, 5.41) is 14.1. The van der Waals surface area contributed by atoms with E-state index in [1.165, 1.54) is 116 Å². The molecule has 0 amide bonds. The van der Waals surface area contributed by atoms with Gasteiger partial charge in [0.15, 0.2) is 6.29 Å². The van der Waals surface area contributed by atoms with Crippen molar-refractivity contribution in [1.29, 1.82) is 0 Å². The standard InChI is InChI=1S/C31H65NO3/c1-6-8-10-12-14-16-18-20-22-24-26-34-29(28-32-31(3,4)5)30(33)35-27-25-23-21-19-17-15-13-11-9-7-2/h29-30,32-33H,6-28H2,1-5H3. The maximum Gasteiger partial charge on any atom is 0.182 e. The van der Waals surface area contributed by atoms with Crippen LogP contribution in [0.4, 0.5) is 0 Å². The molecule has 0 aromatic rings. The first-order valence-corrected chi connectivity index (χ1v) is 15.6. The summed E-state index contributed by atoms with van der Waals surface area (Å²) in [6, 6.07) is 0. The van der Waals surface area contributed by atoms with Crippen molar-refractivity contribution < 1.29 is 14.6 Å². The van der Waals surface area contributed by atoms with Crippen LogP contribution >= 0.6 is 0 Å². The molecular weight excluding hydrogens is 434 g/mol. The van der Waals surface area contributed by atoms with Crippen molar-refractivity contribution in [3.05, 3.63) is 0 Å². The maximum atomic E-state index is 10.6. The van der Waals surface area contributed by atoms with Crippen molar-refractivity contribution in [2.45, 2.75) is 181 Å². The van der Waals surface area contributed by atoms with Crippen LogP contribution < -0.4 is 5.32 Å². The van der Waals surface area contributed by atoms with Gasteiger partial charge in [0.1, 0.15) is 6.10 Å². The first kappa shape index (κ1) is 34.8. The van der Waals surface area contributed by atoms with Crippen molar-refractivity contribution in [2.75, 3.05) is 19.8 Å². The number of ether oxygens (including phenoxy) is 2. The molecule has 0 aliphatic rings. The first-order chi connectivity index (χ1) is 16.9. The summed E-state index contributed by atoms with van der Waals surface area (Å²) in [7, 11) is 0. The van der Waals surface area contributed by atoms with Gasteiger partial charge in [-0.1, -0.05) is 129 Å². The Bertz CT molecular complexity index is 411. The first-order valence-electron chi connectivity index (χ1n) is 15.6. The van der Waals surface area contributed by atoms with Crippen LogP contribution in [0.2, 0.25) is 0 Å². The molecule has 0 saturated heterocycles. The molecule has 2 N–H and O–H groups in total. The molecule has 2 atom stereocenters. The zero-order valence-electron chi connectivity index (χ0n) is 24.7. The van der Waals surface area contributed by atoms with Crippen LogP contribution in [0.3, 0.4) is 0 Å². The van der Waals surface area contributed by atoms with Gasteiger partial charge in [0, 0.05) is 25.3 Å². The van der Waals surface area contributed by atoms with E-state index in [2.05, 4.69) is 39.9 Å². The maximum absolute atomic E-state index is 10.6. The topological polar surface area (TPSA) is 50.7 Å². The van der Waals surface area contributed by atoms with Gasteiger partial charge in [-0.25, -0.2) is 0 Å². The predicted molar refractivity (Wildman–Crippen MR) is 153 cm³/mol. The average Bonchev–Trinajstić information content (AvgIpc) is 2.82. The summed E-state index contributed by atoms with van der Waals surface area (Å²) >= 11 is 0. The van der Waals surface area contributed by atoms with E-state index in [0.717, 1.165) is 12.8 Å². The molecule has 0 saturated carbocycles. The second-order valence-corrected chi connectivity index (χ2v) is 11.7. The Hall–Kier alpha value is -0.160. The molecule has 0 radical (unpaired) electrons. The van der Waals surface area contributed by atoms with Crippen molar-refractivity contribution in [1.82, 2.24) is 5.32 Å². The van der Waals surface area contributed by atoms with E-state index in [0.29, 0.717) is 19.8 Å². The molecule has 0 aromatic heterocycles. The Kier molecular flexibility index (Phi) is 25.4. The minimum atomic E-state index is -0.855. The van der Waals surface area contributed by atoms with Crippen LogP contribution in [0.5, 0.6) is 0 Å². The van der Waals surface area contributed by atoms with Crippen LogP contribution in [0, 0.1) is 0 Å². The number of aliphatic hydroxyl groups excluding tert-OH is 1. The minimum absolute atomic E-state index is 0.00496.